The molecule has 7 heteroatoms. The molecule has 0 unspecified atom stereocenters. The Hall–Kier alpha value is -2.67. The fourth-order valence-electron chi connectivity index (χ4n) is 3.02. The third kappa shape index (κ3) is 4.29. The van der Waals surface area contributed by atoms with Crippen molar-refractivity contribution in [1.82, 2.24) is 4.90 Å². The van der Waals surface area contributed by atoms with Gasteiger partial charge in [0.1, 0.15) is 5.75 Å². The average Bonchev–Trinajstić information content (AvgIpc) is 2.65. The van der Waals surface area contributed by atoms with Crippen LogP contribution < -0.4 is 15.0 Å². The van der Waals surface area contributed by atoms with Crippen molar-refractivity contribution < 1.29 is 18.3 Å². The minimum Gasteiger partial charge on any atom is -0.495 e. The van der Waals surface area contributed by atoms with E-state index in [1.165, 1.54) is 6.07 Å². The van der Waals surface area contributed by atoms with Crippen molar-refractivity contribution in [3.8, 4) is 5.75 Å². The molecule has 0 bridgehead atoms. The number of carbonyl (C=O) groups excluding carboxylic acids is 1. The number of hydrogen-bond donors (Lipinski definition) is 1. The fourth-order valence-corrected chi connectivity index (χ4v) is 3.02. The Morgan fingerprint density at radius 3 is 2.50 bits per heavy atom. The van der Waals surface area contributed by atoms with Crippen LogP contribution in [-0.4, -0.2) is 50.6 Å². The molecular weight excluding hydrogens is 340 g/mol. The first kappa shape index (κ1) is 18.1. The number of carbonyl (C=O) groups is 1. The predicted molar refractivity (Wildman–Crippen MR) is 96.6 cm³/mol. The number of piperazine rings is 1. The Morgan fingerprint density at radius 1 is 1.08 bits per heavy atom. The number of halogens is 2. The topological polar surface area (TPSA) is 44.8 Å². The van der Waals surface area contributed by atoms with Gasteiger partial charge in [-0.15, -0.1) is 0 Å². The molecule has 2 aromatic rings. The van der Waals surface area contributed by atoms with Gasteiger partial charge in [-0.1, -0.05) is 12.1 Å². The highest BCUT2D eigenvalue weighted by Crippen LogP contribution is 2.28. The molecule has 26 heavy (non-hydrogen) atoms. The van der Waals surface area contributed by atoms with Crippen LogP contribution in [-0.2, 0) is 4.79 Å². The summed E-state index contributed by atoms with van der Waals surface area (Å²) >= 11 is 0. The maximum Gasteiger partial charge on any atom is 0.238 e. The van der Waals surface area contributed by atoms with Gasteiger partial charge >= 0.3 is 0 Å². The average molecular weight is 361 g/mol. The Morgan fingerprint density at radius 2 is 1.81 bits per heavy atom. The number of anilines is 2. The van der Waals surface area contributed by atoms with Crippen LogP contribution in [0.15, 0.2) is 42.5 Å². The summed E-state index contributed by atoms with van der Waals surface area (Å²) in [5, 5.41) is 2.60. The third-order valence-electron chi connectivity index (χ3n) is 4.37. The molecule has 138 valence electrons. The van der Waals surface area contributed by atoms with Crippen molar-refractivity contribution >= 4 is 17.3 Å². The number of rotatable bonds is 5. The minimum absolute atomic E-state index is 0.207. The van der Waals surface area contributed by atoms with Crippen molar-refractivity contribution in [3.63, 3.8) is 0 Å². The number of nitrogens with one attached hydrogen (secondary N) is 1. The van der Waals surface area contributed by atoms with Crippen molar-refractivity contribution in [1.29, 1.82) is 0 Å². The van der Waals surface area contributed by atoms with Crippen LogP contribution in [0.5, 0.6) is 5.75 Å². The lowest BCUT2D eigenvalue weighted by Gasteiger charge is -2.36. The van der Waals surface area contributed by atoms with Gasteiger partial charge in [0.25, 0.3) is 0 Å². The van der Waals surface area contributed by atoms with E-state index in [-0.39, 0.29) is 18.1 Å². The standard InChI is InChI=1S/C19H21F2N3O2/c1-26-18-5-3-2-4-17(18)24-10-8-23(9-11-24)13-19(25)22-14-6-7-15(20)16(21)12-14/h2-7,12H,8-11,13H2,1H3,(H,22,25). The van der Waals surface area contributed by atoms with Crippen molar-refractivity contribution in [2.45, 2.75) is 0 Å². The molecule has 1 heterocycles. The van der Waals surface area contributed by atoms with E-state index in [4.69, 9.17) is 4.74 Å². The molecule has 1 saturated heterocycles. The van der Waals surface area contributed by atoms with Gasteiger partial charge in [-0.2, -0.15) is 0 Å². The summed E-state index contributed by atoms with van der Waals surface area (Å²) in [7, 11) is 1.65. The van der Waals surface area contributed by atoms with Crippen LogP contribution in [0, 0.1) is 11.6 Å². The van der Waals surface area contributed by atoms with Crippen molar-refractivity contribution in [2.24, 2.45) is 0 Å². The normalized spacial score (nSPS) is 15.0. The molecule has 0 aliphatic carbocycles. The largest absolute Gasteiger partial charge is 0.495 e. The number of ether oxygens (including phenoxy) is 1. The zero-order valence-corrected chi connectivity index (χ0v) is 14.5. The molecule has 0 aromatic heterocycles. The number of benzene rings is 2. The summed E-state index contributed by atoms with van der Waals surface area (Å²) in [5.41, 5.74) is 1.29. The Labute approximate surface area is 151 Å². The Bertz CT molecular complexity index is 777. The first-order valence-electron chi connectivity index (χ1n) is 8.42. The highest BCUT2D eigenvalue weighted by Gasteiger charge is 2.21. The van der Waals surface area contributed by atoms with Gasteiger partial charge in [0.05, 0.1) is 19.3 Å². The SMILES string of the molecule is COc1ccccc1N1CCN(CC(=O)Nc2ccc(F)c(F)c2)CC1. The molecular formula is C19H21F2N3O2. The number of methoxy groups -OCH3 is 1. The van der Waals surface area contributed by atoms with Gasteiger partial charge in [-0.05, 0) is 24.3 Å². The van der Waals surface area contributed by atoms with Crippen molar-refractivity contribution in [2.75, 3.05) is 50.1 Å². The first-order chi connectivity index (χ1) is 12.6. The van der Waals surface area contributed by atoms with E-state index in [0.29, 0.717) is 0 Å². The zero-order chi connectivity index (χ0) is 18.5. The molecule has 2 aromatic carbocycles. The van der Waals surface area contributed by atoms with E-state index in [1.54, 1.807) is 7.11 Å². The van der Waals surface area contributed by atoms with Gasteiger partial charge in [0.2, 0.25) is 5.91 Å². The van der Waals surface area contributed by atoms with Gasteiger partial charge in [-0.3, -0.25) is 9.69 Å². The maximum absolute atomic E-state index is 13.2. The lowest BCUT2D eigenvalue weighted by Crippen LogP contribution is -2.48. The van der Waals surface area contributed by atoms with Gasteiger partial charge in [0, 0.05) is 37.9 Å². The van der Waals surface area contributed by atoms with E-state index in [0.717, 1.165) is 49.7 Å². The summed E-state index contributed by atoms with van der Waals surface area (Å²) in [4.78, 5) is 16.4. The molecule has 0 saturated carbocycles. The van der Waals surface area contributed by atoms with Crippen LogP contribution in [0.2, 0.25) is 0 Å². The highest BCUT2D eigenvalue weighted by atomic mass is 19.2. The molecule has 1 fully saturated rings. The molecule has 0 radical (unpaired) electrons. The predicted octanol–water partition coefficient (Wildman–Crippen LogP) is 2.73. The quantitative estimate of drug-likeness (QED) is 0.890. The van der Waals surface area contributed by atoms with Gasteiger partial charge in [-0.25, -0.2) is 8.78 Å². The first-order valence-corrected chi connectivity index (χ1v) is 8.42. The Kier molecular flexibility index (Phi) is 5.68. The van der Waals surface area contributed by atoms with Crippen LogP contribution in [0.25, 0.3) is 0 Å². The second kappa shape index (κ2) is 8.14. The molecule has 1 N–H and O–H groups in total. The molecule has 0 atom stereocenters. The zero-order valence-electron chi connectivity index (χ0n) is 14.5. The summed E-state index contributed by atoms with van der Waals surface area (Å²) in [6, 6.07) is 11.2. The van der Waals surface area contributed by atoms with E-state index in [1.807, 2.05) is 29.2 Å². The highest BCUT2D eigenvalue weighted by molar-refractivity contribution is 5.92. The van der Waals surface area contributed by atoms with E-state index >= 15 is 0 Å². The van der Waals surface area contributed by atoms with Crippen molar-refractivity contribution in [3.05, 3.63) is 54.1 Å². The second-order valence-electron chi connectivity index (χ2n) is 6.11. The number of para-hydroxylation sites is 2. The number of nitrogens with zero attached hydrogens (tertiary/aromatic N) is 2. The van der Waals surface area contributed by atoms with E-state index < -0.39 is 11.6 Å². The fraction of sp³-hybridized carbons (Fsp3) is 0.316. The Balaban J connectivity index is 1.52. The number of hydrogen-bond acceptors (Lipinski definition) is 4. The van der Waals surface area contributed by atoms with Crippen LogP contribution in [0.1, 0.15) is 0 Å². The summed E-state index contributed by atoms with van der Waals surface area (Å²) < 4.78 is 31.5. The second-order valence-corrected chi connectivity index (χ2v) is 6.11. The summed E-state index contributed by atoms with van der Waals surface area (Å²) in [6.07, 6.45) is 0. The molecule has 1 aliphatic heterocycles. The monoisotopic (exact) mass is 361 g/mol. The molecule has 3 rings (SSSR count). The minimum atomic E-state index is -0.978. The number of amides is 1. The van der Waals surface area contributed by atoms with E-state index in [9.17, 15) is 13.6 Å². The maximum atomic E-state index is 13.2. The molecule has 1 aliphatic rings. The lowest BCUT2D eigenvalue weighted by atomic mass is 10.2. The summed E-state index contributed by atoms with van der Waals surface area (Å²) in [5.74, 6) is -1.33. The molecule has 5 nitrogen and oxygen atoms in total. The lowest BCUT2D eigenvalue weighted by molar-refractivity contribution is -0.117. The smallest absolute Gasteiger partial charge is 0.238 e. The molecule has 1 amide bonds. The van der Waals surface area contributed by atoms with Gasteiger partial charge < -0.3 is 15.0 Å². The molecule has 0 spiro atoms. The van der Waals surface area contributed by atoms with Gasteiger partial charge in [0.15, 0.2) is 11.6 Å². The van der Waals surface area contributed by atoms with Crippen LogP contribution >= 0.6 is 0 Å². The van der Waals surface area contributed by atoms with Crippen LogP contribution in [0.3, 0.4) is 0 Å². The van der Waals surface area contributed by atoms with Crippen LogP contribution in [0.4, 0.5) is 20.2 Å². The summed E-state index contributed by atoms with van der Waals surface area (Å²) in [6.45, 7) is 3.21. The third-order valence-corrected chi connectivity index (χ3v) is 4.37. The van der Waals surface area contributed by atoms with E-state index in [2.05, 4.69) is 10.2 Å².